The minimum absolute atomic E-state index is 0.0233. The smallest absolute Gasteiger partial charge is 0.304 e. The van der Waals surface area contributed by atoms with Crippen LogP contribution in [-0.2, 0) is 9.59 Å². The summed E-state index contributed by atoms with van der Waals surface area (Å²) in [5.74, 6) is -0.744. The number of rotatable bonds is 4. The highest BCUT2D eigenvalue weighted by Crippen LogP contribution is 2.19. The van der Waals surface area contributed by atoms with E-state index < -0.39 is 5.97 Å². The lowest BCUT2D eigenvalue weighted by atomic mass is 9.99. The van der Waals surface area contributed by atoms with Crippen molar-refractivity contribution in [3.8, 4) is 0 Å². The zero-order valence-corrected chi connectivity index (χ0v) is 9.98. The molecule has 1 saturated heterocycles. The molecule has 5 heteroatoms. The summed E-state index contributed by atoms with van der Waals surface area (Å²) in [5, 5.41) is 8.80. The normalized spacial score (nSPS) is 21.8. The van der Waals surface area contributed by atoms with Gasteiger partial charge in [-0.05, 0) is 19.4 Å². The van der Waals surface area contributed by atoms with Crippen LogP contribution in [0.1, 0.15) is 25.7 Å². The number of carboxylic acids is 1. The number of amides is 1. The predicted molar refractivity (Wildman–Crippen MR) is 60.2 cm³/mol. The number of likely N-dealkylation sites (tertiary alicyclic amines) is 1. The number of piperidine rings is 1. The van der Waals surface area contributed by atoms with E-state index in [2.05, 4.69) is 0 Å². The number of nitrogens with zero attached hydrogens (tertiary/aromatic N) is 2. The molecule has 1 heterocycles. The molecule has 1 aliphatic rings. The van der Waals surface area contributed by atoms with Crippen molar-refractivity contribution in [3.63, 3.8) is 0 Å². The minimum Gasteiger partial charge on any atom is -0.481 e. The van der Waals surface area contributed by atoms with E-state index >= 15 is 0 Å². The van der Waals surface area contributed by atoms with Gasteiger partial charge in [-0.3, -0.25) is 14.5 Å². The second-order valence-electron chi connectivity index (χ2n) is 4.51. The first-order valence-corrected chi connectivity index (χ1v) is 5.66. The number of hydrogen-bond acceptors (Lipinski definition) is 3. The van der Waals surface area contributed by atoms with E-state index in [0.717, 1.165) is 25.8 Å². The number of carbonyl (C=O) groups excluding carboxylic acids is 1. The van der Waals surface area contributed by atoms with Crippen molar-refractivity contribution < 1.29 is 14.7 Å². The molecule has 0 saturated carbocycles. The van der Waals surface area contributed by atoms with Crippen molar-refractivity contribution in [1.29, 1.82) is 0 Å². The third-order valence-corrected chi connectivity index (χ3v) is 3.00. The van der Waals surface area contributed by atoms with Gasteiger partial charge < -0.3 is 10.0 Å². The average molecular weight is 228 g/mol. The Labute approximate surface area is 96.0 Å². The van der Waals surface area contributed by atoms with Gasteiger partial charge in [-0.15, -0.1) is 0 Å². The molecule has 1 rings (SSSR count). The van der Waals surface area contributed by atoms with Crippen molar-refractivity contribution in [2.45, 2.75) is 31.7 Å². The van der Waals surface area contributed by atoms with Crippen LogP contribution in [-0.4, -0.2) is 60.0 Å². The number of likely N-dealkylation sites (N-methyl/N-ethyl adjacent to an activating group) is 1. The van der Waals surface area contributed by atoms with E-state index in [1.165, 1.54) is 0 Å². The van der Waals surface area contributed by atoms with E-state index in [1.54, 1.807) is 19.0 Å². The summed E-state index contributed by atoms with van der Waals surface area (Å²) in [6, 6.07) is 0.0233. The Morgan fingerprint density at radius 2 is 2.06 bits per heavy atom. The van der Waals surface area contributed by atoms with Crippen LogP contribution < -0.4 is 0 Å². The van der Waals surface area contributed by atoms with Crippen LogP contribution in [0.2, 0.25) is 0 Å². The summed E-state index contributed by atoms with van der Waals surface area (Å²) in [7, 11) is 3.44. The topological polar surface area (TPSA) is 60.9 Å². The Morgan fingerprint density at radius 1 is 1.38 bits per heavy atom. The summed E-state index contributed by atoms with van der Waals surface area (Å²) < 4.78 is 0. The molecule has 1 aliphatic heterocycles. The van der Waals surface area contributed by atoms with Gasteiger partial charge in [0, 0.05) is 20.1 Å². The van der Waals surface area contributed by atoms with Crippen LogP contribution in [0, 0.1) is 0 Å². The highest BCUT2D eigenvalue weighted by molar-refractivity contribution is 5.77. The molecule has 0 aromatic heterocycles. The van der Waals surface area contributed by atoms with E-state index in [-0.39, 0.29) is 18.4 Å². The van der Waals surface area contributed by atoms with Crippen molar-refractivity contribution in [2.24, 2.45) is 0 Å². The van der Waals surface area contributed by atoms with Gasteiger partial charge in [0.05, 0.1) is 13.0 Å². The second kappa shape index (κ2) is 5.84. The maximum absolute atomic E-state index is 11.6. The van der Waals surface area contributed by atoms with Crippen LogP contribution in [0.5, 0.6) is 0 Å². The van der Waals surface area contributed by atoms with Gasteiger partial charge in [-0.2, -0.15) is 0 Å². The summed E-state index contributed by atoms with van der Waals surface area (Å²) in [4.78, 5) is 25.8. The Kier molecular flexibility index (Phi) is 4.73. The van der Waals surface area contributed by atoms with Gasteiger partial charge in [-0.1, -0.05) is 6.42 Å². The molecule has 1 fully saturated rings. The number of hydrogen-bond donors (Lipinski definition) is 1. The zero-order chi connectivity index (χ0) is 12.1. The van der Waals surface area contributed by atoms with Gasteiger partial charge in [-0.25, -0.2) is 0 Å². The molecular formula is C11H20N2O3. The summed E-state index contributed by atoms with van der Waals surface area (Å²) in [6.45, 7) is 1.17. The van der Waals surface area contributed by atoms with Gasteiger partial charge in [0.2, 0.25) is 5.91 Å². The van der Waals surface area contributed by atoms with Crippen molar-refractivity contribution in [3.05, 3.63) is 0 Å². The number of carbonyl (C=O) groups is 2. The summed E-state index contributed by atoms with van der Waals surface area (Å²) >= 11 is 0. The lowest BCUT2D eigenvalue weighted by Crippen LogP contribution is -2.46. The molecular weight excluding hydrogens is 208 g/mol. The predicted octanol–water partition coefficient (Wildman–Crippen LogP) is 0.404. The van der Waals surface area contributed by atoms with Crippen molar-refractivity contribution in [2.75, 3.05) is 27.2 Å². The van der Waals surface area contributed by atoms with Crippen molar-refractivity contribution in [1.82, 2.24) is 9.80 Å². The summed E-state index contributed by atoms with van der Waals surface area (Å²) in [5.41, 5.74) is 0. The molecule has 0 spiro atoms. The maximum atomic E-state index is 11.6. The fourth-order valence-corrected chi connectivity index (χ4v) is 2.02. The van der Waals surface area contributed by atoms with Crippen LogP contribution in [0.15, 0.2) is 0 Å². The maximum Gasteiger partial charge on any atom is 0.304 e. The average Bonchev–Trinajstić information content (AvgIpc) is 2.20. The third kappa shape index (κ3) is 3.81. The SMILES string of the molecule is CN(C)C(=O)CN1CCCCC1CC(=O)O. The Balaban J connectivity index is 2.53. The van der Waals surface area contributed by atoms with E-state index in [1.807, 2.05) is 4.90 Å². The first kappa shape index (κ1) is 13.0. The van der Waals surface area contributed by atoms with Crippen LogP contribution in [0.3, 0.4) is 0 Å². The molecule has 1 amide bonds. The first-order valence-electron chi connectivity index (χ1n) is 5.66. The standard InChI is InChI=1S/C11H20N2O3/c1-12(2)10(14)8-13-6-4-3-5-9(13)7-11(15)16/h9H,3-8H2,1-2H3,(H,15,16). The molecule has 16 heavy (non-hydrogen) atoms. The highest BCUT2D eigenvalue weighted by atomic mass is 16.4. The number of carboxylic acid groups (broad SMARTS) is 1. The molecule has 0 bridgehead atoms. The minimum atomic E-state index is -0.783. The molecule has 0 aromatic carbocycles. The molecule has 92 valence electrons. The van der Waals surface area contributed by atoms with E-state index in [4.69, 9.17) is 5.11 Å². The van der Waals surface area contributed by atoms with Crippen LogP contribution >= 0.6 is 0 Å². The van der Waals surface area contributed by atoms with Crippen LogP contribution in [0.4, 0.5) is 0 Å². The van der Waals surface area contributed by atoms with Gasteiger partial charge >= 0.3 is 5.97 Å². The lowest BCUT2D eigenvalue weighted by Gasteiger charge is -2.34. The van der Waals surface area contributed by atoms with Gasteiger partial charge in [0.1, 0.15) is 0 Å². The molecule has 0 aromatic rings. The third-order valence-electron chi connectivity index (χ3n) is 3.00. The molecule has 0 radical (unpaired) electrons. The highest BCUT2D eigenvalue weighted by Gasteiger charge is 2.26. The van der Waals surface area contributed by atoms with E-state index in [9.17, 15) is 9.59 Å². The van der Waals surface area contributed by atoms with Crippen LogP contribution in [0.25, 0.3) is 0 Å². The Bertz CT molecular complexity index is 266. The molecule has 1 N–H and O–H groups in total. The fourth-order valence-electron chi connectivity index (χ4n) is 2.02. The molecule has 1 atom stereocenters. The van der Waals surface area contributed by atoms with E-state index in [0.29, 0.717) is 6.54 Å². The first-order chi connectivity index (χ1) is 7.50. The Hall–Kier alpha value is -1.10. The molecule has 1 unspecified atom stereocenters. The van der Waals surface area contributed by atoms with Gasteiger partial charge in [0.25, 0.3) is 0 Å². The lowest BCUT2D eigenvalue weighted by molar-refractivity contribution is -0.140. The zero-order valence-electron chi connectivity index (χ0n) is 9.98. The largest absolute Gasteiger partial charge is 0.481 e. The fraction of sp³-hybridized carbons (Fsp3) is 0.818. The second-order valence-corrected chi connectivity index (χ2v) is 4.51. The number of aliphatic carboxylic acids is 1. The Morgan fingerprint density at radius 3 is 2.62 bits per heavy atom. The monoisotopic (exact) mass is 228 g/mol. The molecule has 5 nitrogen and oxygen atoms in total. The molecule has 0 aliphatic carbocycles. The van der Waals surface area contributed by atoms with Gasteiger partial charge in [0.15, 0.2) is 0 Å². The summed E-state index contributed by atoms with van der Waals surface area (Å²) in [6.07, 6.45) is 3.13. The van der Waals surface area contributed by atoms with Crippen molar-refractivity contribution >= 4 is 11.9 Å². The quantitative estimate of drug-likeness (QED) is 0.757.